The largest absolute Gasteiger partial charge is 0.570 e. The van der Waals surface area contributed by atoms with Crippen molar-refractivity contribution in [3.63, 3.8) is 0 Å². The number of Topliss-reactive ketones (excluding diaryl/α,β-unsaturated/α-hetero) is 1. The van der Waals surface area contributed by atoms with E-state index in [4.69, 9.17) is 19.0 Å². The fourth-order valence-corrected chi connectivity index (χ4v) is 3.70. The topological polar surface area (TPSA) is 110 Å². The predicted molar refractivity (Wildman–Crippen MR) is 148 cm³/mol. The summed E-state index contributed by atoms with van der Waals surface area (Å²) in [4.78, 5) is 56.8. The molecule has 10 nitrogen and oxygen atoms in total. The first kappa shape index (κ1) is 31.1. The first-order valence-corrected chi connectivity index (χ1v) is 13.1. The van der Waals surface area contributed by atoms with Gasteiger partial charge in [0.25, 0.3) is 5.78 Å². The van der Waals surface area contributed by atoms with E-state index in [2.05, 4.69) is 11.8 Å². The number of ketones is 1. The second-order valence-corrected chi connectivity index (χ2v) is 11.2. The molecule has 0 fully saturated rings. The van der Waals surface area contributed by atoms with Gasteiger partial charge in [0.1, 0.15) is 22.7 Å². The summed E-state index contributed by atoms with van der Waals surface area (Å²) in [6.07, 6.45) is 2.39. The first-order valence-electron chi connectivity index (χ1n) is 13.1. The fraction of sp³-hybridized carbons (Fsp3) is 0.400. The van der Waals surface area contributed by atoms with Crippen LogP contribution < -0.4 is 4.65 Å². The summed E-state index contributed by atoms with van der Waals surface area (Å²) in [6, 6.07) is 5.16. The van der Waals surface area contributed by atoms with Crippen LogP contribution in [0.15, 0.2) is 36.7 Å². The number of halogens is 1. The van der Waals surface area contributed by atoms with Crippen LogP contribution in [0, 0.1) is 17.7 Å². The average molecular weight is 570 g/mol. The normalized spacial score (nSPS) is 15.8. The van der Waals surface area contributed by atoms with E-state index in [1.165, 1.54) is 36.7 Å². The highest BCUT2D eigenvalue weighted by molar-refractivity contribution is 6.10. The molecule has 0 aliphatic carbocycles. The molecule has 1 aliphatic rings. The minimum Gasteiger partial charge on any atom is -0.443 e. The maximum Gasteiger partial charge on any atom is 0.570 e. The Morgan fingerprint density at radius 2 is 1.68 bits per heavy atom. The predicted octanol–water partition coefficient (Wildman–Crippen LogP) is 6.74. The molecule has 11 heteroatoms. The van der Waals surface area contributed by atoms with Gasteiger partial charge in [0, 0.05) is 23.0 Å². The molecule has 218 valence electrons. The Morgan fingerprint density at radius 3 is 2.32 bits per heavy atom. The molecule has 3 rings (SSSR count). The lowest BCUT2D eigenvalue weighted by atomic mass is 10.1. The Hall–Kier alpha value is -4.43. The monoisotopic (exact) mass is 569 g/mol. The van der Waals surface area contributed by atoms with Crippen molar-refractivity contribution in [1.82, 2.24) is 9.21 Å². The van der Waals surface area contributed by atoms with Crippen LogP contribution in [0.4, 0.5) is 24.5 Å². The van der Waals surface area contributed by atoms with Gasteiger partial charge in [0.2, 0.25) is 5.69 Å². The summed E-state index contributed by atoms with van der Waals surface area (Å²) in [6.45, 7) is 12.0. The minimum absolute atomic E-state index is 0.0296. The Balaban J connectivity index is 2.01. The third-order valence-electron chi connectivity index (χ3n) is 5.45. The van der Waals surface area contributed by atoms with Crippen molar-refractivity contribution in [2.24, 2.45) is 0 Å². The molecule has 1 aliphatic heterocycles. The number of rotatable bonds is 4. The van der Waals surface area contributed by atoms with Crippen LogP contribution in [0.3, 0.4) is 0 Å². The third-order valence-corrected chi connectivity index (χ3v) is 5.45. The van der Waals surface area contributed by atoms with Gasteiger partial charge >= 0.3 is 18.3 Å². The zero-order valence-electron chi connectivity index (χ0n) is 24.2. The molecular formula is C30H34FN2O8+. The third kappa shape index (κ3) is 7.41. The number of ether oxygens (including phenoxy) is 3. The number of benzene rings is 1. The first-order chi connectivity index (χ1) is 19.1. The number of quaternary nitrogens is 1. The van der Waals surface area contributed by atoms with Crippen LogP contribution in [-0.4, -0.2) is 46.5 Å². The molecule has 2 aromatic rings. The second-order valence-electron chi connectivity index (χ2n) is 11.2. The van der Waals surface area contributed by atoms with Crippen molar-refractivity contribution in [3.8, 4) is 11.8 Å². The quantitative estimate of drug-likeness (QED) is 0.0994. The van der Waals surface area contributed by atoms with Crippen molar-refractivity contribution in [3.05, 3.63) is 59.3 Å². The van der Waals surface area contributed by atoms with E-state index in [-0.39, 0.29) is 29.1 Å². The van der Waals surface area contributed by atoms with E-state index in [0.29, 0.717) is 6.42 Å². The molecule has 1 aromatic heterocycles. The van der Waals surface area contributed by atoms with Crippen LogP contribution in [0.25, 0.3) is 6.08 Å². The zero-order valence-corrected chi connectivity index (χ0v) is 24.2. The van der Waals surface area contributed by atoms with Gasteiger partial charge in [-0.05, 0) is 72.1 Å². The Kier molecular flexibility index (Phi) is 9.09. The van der Waals surface area contributed by atoms with Gasteiger partial charge in [-0.3, -0.25) is 4.79 Å². The number of aromatic nitrogens is 1. The summed E-state index contributed by atoms with van der Waals surface area (Å²) in [7, 11) is 0. The van der Waals surface area contributed by atoms with Gasteiger partial charge in [-0.2, -0.15) is 9.59 Å². The fourth-order valence-electron chi connectivity index (χ4n) is 3.70. The molecule has 0 bridgehead atoms. The van der Waals surface area contributed by atoms with Crippen molar-refractivity contribution < 1.29 is 42.6 Å². The molecule has 0 saturated heterocycles. The lowest BCUT2D eigenvalue weighted by Gasteiger charge is -2.27. The lowest BCUT2D eigenvalue weighted by molar-refractivity contribution is -0.0881. The van der Waals surface area contributed by atoms with Gasteiger partial charge in [-0.25, -0.2) is 18.6 Å². The molecule has 1 atom stereocenters. The smallest absolute Gasteiger partial charge is 0.443 e. The number of amides is 1. The SMILES string of the molecule is CCCCOC(=O)O[N+]1(C(=O)OC(C)(C)C)C=Cc2c1ccc(F)c2C#CC(=O)c1cccn1C(=O)OC(C)(C)C. The molecule has 0 N–H and O–H groups in total. The van der Waals surface area contributed by atoms with E-state index in [0.717, 1.165) is 17.1 Å². The zero-order chi connectivity index (χ0) is 30.6. The summed E-state index contributed by atoms with van der Waals surface area (Å²) >= 11 is 0. The van der Waals surface area contributed by atoms with Crippen LogP contribution in [0.1, 0.15) is 82.9 Å². The molecule has 0 radical (unpaired) electrons. The molecule has 0 spiro atoms. The van der Waals surface area contributed by atoms with Gasteiger partial charge in [-0.15, -0.1) is 0 Å². The van der Waals surface area contributed by atoms with Gasteiger partial charge in [-0.1, -0.05) is 19.3 Å². The number of hydroxylamine groups is 2. The molecule has 41 heavy (non-hydrogen) atoms. The number of hydrogen-bond donors (Lipinski definition) is 0. The number of nitrogens with zero attached hydrogens (tertiary/aromatic N) is 2. The van der Waals surface area contributed by atoms with E-state index in [1.54, 1.807) is 41.5 Å². The number of hydrogen-bond acceptors (Lipinski definition) is 8. The summed E-state index contributed by atoms with van der Waals surface area (Å²) < 4.78 is 30.8. The van der Waals surface area contributed by atoms with E-state index in [9.17, 15) is 19.2 Å². The highest BCUT2D eigenvalue weighted by Gasteiger charge is 2.53. The Labute approximate surface area is 238 Å². The number of carbonyl (C=O) groups excluding carboxylic acids is 4. The van der Waals surface area contributed by atoms with Gasteiger partial charge in [0.05, 0.1) is 17.7 Å². The maximum absolute atomic E-state index is 15.0. The highest BCUT2D eigenvalue weighted by Crippen LogP contribution is 2.40. The number of carbonyl (C=O) groups is 4. The number of unbranched alkanes of at least 4 members (excludes halogenated alkanes) is 1. The van der Waals surface area contributed by atoms with Crippen LogP contribution in [0.5, 0.6) is 0 Å². The second kappa shape index (κ2) is 12.0. The standard InChI is InChI=1S/C30H34FN2O8/c1-8-9-19-38-28(37)41-33(27(36)40-30(5,6)7)18-16-21-20(22(31)13-14-24(21)33)12-15-25(34)23-11-10-17-32(23)26(35)39-29(2,3)4/h10-11,13-14,16-18H,8-9,19H2,1-7H3/q+1. The van der Waals surface area contributed by atoms with Crippen LogP contribution in [-0.2, 0) is 19.0 Å². The Bertz CT molecular complexity index is 1450. The van der Waals surface area contributed by atoms with Gasteiger partial charge in [0.15, 0.2) is 6.20 Å². The highest BCUT2D eigenvalue weighted by atomic mass is 19.1. The Morgan fingerprint density at radius 1 is 1.00 bits per heavy atom. The van der Waals surface area contributed by atoms with Crippen molar-refractivity contribution in [2.45, 2.75) is 72.5 Å². The number of fused-ring (bicyclic) bond motifs is 1. The maximum atomic E-state index is 15.0. The summed E-state index contributed by atoms with van der Waals surface area (Å²) in [5.41, 5.74) is -1.92. The summed E-state index contributed by atoms with van der Waals surface area (Å²) in [5, 5.41) is 0. The van der Waals surface area contributed by atoms with Crippen LogP contribution >= 0.6 is 0 Å². The van der Waals surface area contributed by atoms with E-state index >= 15 is 4.39 Å². The average Bonchev–Trinajstić information content (AvgIpc) is 3.48. The van der Waals surface area contributed by atoms with Gasteiger partial charge < -0.3 is 14.2 Å². The molecule has 1 unspecified atom stereocenters. The van der Waals surface area contributed by atoms with Crippen molar-refractivity contribution in [1.29, 1.82) is 0 Å². The molecule has 1 amide bonds. The van der Waals surface area contributed by atoms with E-state index in [1.807, 2.05) is 6.92 Å². The molecule has 0 saturated carbocycles. The minimum atomic E-state index is -1.19. The molecule has 2 heterocycles. The summed E-state index contributed by atoms with van der Waals surface area (Å²) in [5.74, 6) is 3.30. The van der Waals surface area contributed by atoms with E-state index < -0.39 is 45.8 Å². The van der Waals surface area contributed by atoms with Crippen LogP contribution in [0.2, 0.25) is 0 Å². The lowest BCUT2D eigenvalue weighted by Crippen LogP contribution is -2.52. The molecular weight excluding hydrogens is 535 g/mol. The van der Waals surface area contributed by atoms with Crippen molar-refractivity contribution in [2.75, 3.05) is 6.61 Å². The van der Waals surface area contributed by atoms with Crippen molar-refractivity contribution >= 4 is 35.9 Å². The molecule has 1 aromatic carbocycles.